The summed E-state index contributed by atoms with van der Waals surface area (Å²) in [7, 11) is 0. The SMILES string of the molecule is CC1(C)CN(C(=O)c2cc(N3CCC(N4CCc5ccccc5NC4=O)CC3)nc3ccccc23)Cc2cn[nH]c21. The summed E-state index contributed by atoms with van der Waals surface area (Å²) in [6, 6.07) is 18.1. The third-order valence-corrected chi connectivity index (χ3v) is 8.93. The Morgan fingerprint density at radius 3 is 2.63 bits per heavy atom. The van der Waals surface area contributed by atoms with Gasteiger partial charge in [-0.05, 0) is 43.0 Å². The van der Waals surface area contributed by atoms with Gasteiger partial charge in [0.1, 0.15) is 5.82 Å². The Kier molecular flexibility index (Phi) is 6.17. The molecular weight excluding hydrogens is 514 g/mol. The van der Waals surface area contributed by atoms with Crippen molar-refractivity contribution in [2.24, 2.45) is 0 Å². The smallest absolute Gasteiger partial charge is 0.322 e. The van der Waals surface area contributed by atoms with Gasteiger partial charge in [-0.1, -0.05) is 50.2 Å². The molecule has 9 heteroatoms. The number of fused-ring (bicyclic) bond motifs is 3. The van der Waals surface area contributed by atoms with Gasteiger partial charge in [0.05, 0.1) is 17.3 Å². The normalized spacial score (nSPS) is 19.0. The molecule has 3 aliphatic heterocycles. The molecule has 3 aliphatic rings. The third kappa shape index (κ3) is 4.59. The largest absolute Gasteiger partial charge is 0.356 e. The summed E-state index contributed by atoms with van der Waals surface area (Å²) in [6.45, 7) is 7.70. The number of H-pyrrole nitrogens is 1. The van der Waals surface area contributed by atoms with Crippen LogP contribution in [0.2, 0.25) is 0 Å². The highest BCUT2D eigenvalue weighted by Gasteiger charge is 2.37. The van der Waals surface area contributed by atoms with E-state index >= 15 is 0 Å². The Balaban J connectivity index is 1.12. The van der Waals surface area contributed by atoms with Gasteiger partial charge in [-0.3, -0.25) is 9.89 Å². The molecule has 0 unspecified atom stereocenters. The van der Waals surface area contributed by atoms with Gasteiger partial charge in [0, 0.05) is 66.5 Å². The standard InChI is InChI=1S/C32H35N7O2/c1-32(2)20-38(19-22-18-33-36-29(22)32)30(40)25-17-28(34-27-10-6-4-8-24(25)27)37-14-12-23(13-15-37)39-16-11-21-7-3-5-9-26(21)35-31(39)41/h3-10,17-18,23H,11-16,19-20H2,1-2H3,(H,33,36)(H,35,41). The third-order valence-electron chi connectivity index (χ3n) is 8.93. The molecule has 0 saturated carbocycles. The van der Waals surface area contributed by atoms with Gasteiger partial charge in [-0.25, -0.2) is 9.78 Å². The molecule has 0 radical (unpaired) electrons. The average Bonchev–Trinajstić information content (AvgIpc) is 3.40. The van der Waals surface area contributed by atoms with Crippen LogP contribution in [0.3, 0.4) is 0 Å². The molecule has 9 nitrogen and oxygen atoms in total. The van der Waals surface area contributed by atoms with E-state index in [2.05, 4.69) is 40.3 Å². The number of hydrogen-bond donors (Lipinski definition) is 2. The molecule has 0 spiro atoms. The maximum atomic E-state index is 14.1. The minimum absolute atomic E-state index is 0.0143. The predicted molar refractivity (Wildman–Crippen MR) is 159 cm³/mol. The molecule has 5 heterocycles. The Hall–Kier alpha value is -4.40. The number of nitrogens with one attached hydrogen (secondary N) is 2. The fourth-order valence-corrected chi connectivity index (χ4v) is 6.79. The van der Waals surface area contributed by atoms with Crippen LogP contribution in [0.5, 0.6) is 0 Å². The topological polar surface area (TPSA) is 97.5 Å². The van der Waals surface area contributed by atoms with Gasteiger partial charge >= 0.3 is 6.03 Å². The number of urea groups is 1. The maximum absolute atomic E-state index is 14.1. The zero-order valence-electron chi connectivity index (χ0n) is 23.6. The van der Waals surface area contributed by atoms with Gasteiger partial charge in [0.25, 0.3) is 5.91 Å². The quantitative estimate of drug-likeness (QED) is 0.377. The van der Waals surface area contributed by atoms with Gasteiger partial charge < -0.3 is 20.0 Å². The molecule has 4 aromatic rings. The molecule has 0 aliphatic carbocycles. The van der Waals surface area contributed by atoms with E-state index < -0.39 is 0 Å². The van der Waals surface area contributed by atoms with Crippen molar-refractivity contribution in [2.75, 3.05) is 36.4 Å². The molecule has 0 atom stereocenters. The first kappa shape index (κ1) is 25.6. The van der Waals surface area contributed by atoms with Crippen LogP contribution in [0.15, 0.2) is 60.8 Å². The summed E-state index contributed by atoms with van der Waals surface area (Å²) >= 11 is 0. The van der Waals surface area contributed by atoms with E-state index in [-0.39, 0.29) is 23.4 Å². The van der Waals surface area contributed by atoms with E-state index in [4.69, 9.17) is 4.98 Å². The molecule has 1 saturated heterocycles. The van der Waals surface area contributed by atoms with Crippen LogP contribution in [0.4, 0.5) is 16.3 Å². The second-order valence-electron chi connectivity index (χ2n) is 12.1. The van der Waals surface area contributed by atoms with Crippen molar-refractivity contribution in [2.45, 2.75) is 51.1 Å². The number of carbonyl (C=O) groups is 2. The lowest BCUT2D eigenvalue weighted by Crippen LogP contribution is -2.49. The summed E-state index contributed by atoms with van der Waals surface area (Å²) in [5, 5.41) is 11.4. The van der Waals surface area contributed by atoms with Crippen molar-refractivity contribution < 1.29 is 9.59 Å². The van der Waals surface area contributed by atoms with Crippen LogP contribution in [-0.4, -0.2) is 69.1 Å². The zero-order chi connectivity index (χ0) is 28.1. The maximum Gasteiger partial charge on any atom is 0.322 e. The Morgan fingerprint density at radius 2 is 1.78 bits per heavy atom. The second kappa shape index (κ2) is 9.90. The van der Waals surface area contributed by atoms with Crippen molar-refractivity contribution in [3.8, 4) is 0 Å². The molecule has 7 rings (SSSR count). The molecule has 41 heavy (non-hydrogen) atoms. The molecule has 2 aromatic carbocycles. The summed E-state index contributed by atoms with van der Waals surface area (Å²) in [5.41, 5.74) is 5.55. The molecular formula is C32H35N7O2. The lowest BCUT2D eigenvalue weighted by molar-refractivity contribution is 0.0686. The van der Waals surface area contributed by atoms with E-state index in [1.807, 2.05) is 64.5 Å². The van der Waals surface area contributed by atoms with E-state index in [9.17, 15) is 9.59 Å². The number of para-hydroxylation sites is 2. The number of rotatable bonds is 3. The zero-order valence-corrected chi connectivity index (χ0v) is 23.6. The second-order valence-corrected chi connectivity index (χ2v) is 12.1. The van der Waals surface area contributed by atoms with Gasteiger partial charge in [-0.2, -0.15) is 5.10 Å². The van der Waals surface area contributed by atoms with E-state index in [0.29, 0.717) is 25.2 Å². The number of benzene rings is 2. The predicted octanol–water partition coefficient (Wildman–Crippen LogP) is 4.95. The lowest BCUT2D eigenvalue weighted by atomic mass is 9.83. The van der Waals surface area contributed by atoms with E-state index in [1.54, 1.807) is 0 Å². The van der Waals surface area contributed by atoms with Crippen molar-refractivity contribution in [3.05, 3.63) is 83.2 Å². The van der Waals surface area contributed by atoms with Crippen molar-refractivity contribution in [3.63, 3.8) is 0 Å². The number of aromatic amines is 1. The van der Waals surface area contributed by atoms with Crippen LogP contribution in [0.25, 0.3) is 10.9 Å². The first-order chi connectivity index (χ1) is 19.9. The minimum atomic E-state index is -0.214. The fraction of sp³-hybridized carbons (Fsp3) is 0.375. The summed E-state index contributed by atoms with van der Waals surface area (Å²) < 4.78 is 0. The number of pyridine rings is 1. The number of carbonyl (C=O) groups excluding carboxylic acids is 2. The molecule has 0 bridgehead atoms. The van der Waals surface area contributed by atoms with Crippen LogP contribution >= 0.6 is 0 Å². The number of nitrogens with zero attached hydrogens (tertiary/aromatic N) is 5. The molecule has 2 aromatic heterocycles. The summed E-state index contributed by atoms with van der Waals surface area (Å²) in [6.07, 6.45) is 4.39. The number of aromatic nitrogens is 3. The van der Waals surface area contributed by atoms with Gasteiger partial charge in [0.2, 0.25) is 0 Å². The first-order valence-electron chi connectivity index (χ1n) is 14.5. The highest BCUT2D eigenvalue weighted by Crippen LogP contribution is 2.34. The average molecular weight is 550 g/mol. The molecule has 1 fully saturated rings. The highest BCUT2D eigenvalue weighted by atomic mass is 16.2. The van der Waals surface area contributed by atoms with Crippen LogP contribution in [-0.2, 0) is 18.4 Å². The van der Waals surface area contributed by atoms with Crippen molar-refractivity contribution >= 4 is 34.3 Å². The van der Waals surface area contributed by atoms with Crippen LogP contribution < -0.4 is 10.2 Å². The van der Waals surface area contributed by atoms with Crippen molar-refractivity contribution in [1.82, 2.24) is 25.0 Å². The van der Waals surface area contributed by atoms with Crippen LogP contribution in [0.1, 0.15) is 53.9 Å². The van der Waals surface area contributed by atoms with E-state index in [1.165, 1.54) is 5.56 Å². The monoisotopic (exact) mass is 549 g/mol. The highest BCUT2D eigenvalue weighted by molar-refractivity contribution is 6.07. The van der Waals surface area contributed by atoms with Crippen LogP contribution in [0, 0.1) is 0 Å². The Labute approximate surface area is 239 Å². The Morgan fingerprint density at radius 1 is 1.00 bits per heavy atom. The lowest BCUT2D eigenvalue weighted by Gasteiger charge is -2.39. The number of piperidine rings is 1. The summed E-state index contributed by atoms with van der Waals surface area (Å²) in [4.78, 5) is 38.4. The fourth-order valence-electron chi connectivity index (χ4n) is 6.79. The van der Waals surface area contributed by atoms with Gasteiger partial charge in [0.15, 0.2) is 0 Å². The Bertz CT molecular complexity index is 1640. The molecule has 2 N–H and O–H groups in total. The van der Waals surface area contributed by atoms with E-state index in [0.717, 1.165) is 66.0 Å². The van der Waals surface area contributed by atoms with Crippen molar-refractivity contribution in [1.29, 1.82) is 0 Å². The molecule has 3 amide bonds. The van der Waals surface area contributed by atoms with Gasteiger partial charge in [-0.15, -0.1) is 0 Å². The number of amides is 3. The minimum Gasteiger partial charge on any atom is -0.356 e. The first-order valence-corrected chi connectivity index (χ1v) is 14.5. The number of anilines is 2. The summed E-state index contributed by atoms with van der Waals surface area (Å²) in [5.74, 6) is 0.832. The number of hydrogen-bond acceptors (Lipinski definition) is 5. The molecule has 210 valence electrons.